The molecule has 0 saturated heterocycles. The van der Waals surface area contributed by atoms with E-state index in [-0.39, 0.29) is 11.2 Å². The Bertz CT molecular complexity index is 925. The molecule has 0 unspecified atom stereocenters. The molecular weight excluding hydrogens is 364 g/mol. The highest BCUT2D eigenvalue weighted by Crippen LogP contribution is 2.41. The molecule has 26 heavy (non-hydrogen) atoms. The standard InChI is InChI=1S/C21H21ClN2OS/c1-21(2,3)12-15-17(18(25)13-7-9-14(22)10-8-13)20(23)26-19(15)16-6-4-5-11-24-16/h4-11H,12,23H2,1-3H3. The van der Waals surface area contributed by atoms with Crippen LogP contribution in [0.4, 0.5) is 5.00 Å². The average molecular weight is 385 g/mol. The summed E-state index contributed by atoms with van der Waals surface area (Å²) < 4.78 is 0. The second-order valence-corrected chi connectivity index (χ2v) is 8.93. The summed E-state index contributed by atoms with van der Waals surface area (Å²) in [5.74, 6) is -0.0724. The number of thiophene rings is 1. The van der Waals surface area contributed by atoms with Crippen molar-refractivity contribution in [2.45, 2.75) is 27.2 Å². The molecule has 2 aromatic heterocycles. The molecule has 0 bridgehead atoms. The molecule has 0 radical (unpaired) electrons. The van der Waals surface area contributed by atoms with E-state index in [1.807, 2.05) is 18.2 Å². The number of benzene rings is 1. The third-order valence-corrected chi connectivity index (χ3v) is 5.31. The predicted molar refractivity (Wildman–Crippen MR) is 110 cm³/mol. The molecule has 2 N–H and O–H groups in total. The first-order valence-electron chi connectivity index (χ1n) is 8.39. The number of halogens is 1. The summed E-state index contributed by atoms with van der Waals surface area (Å²) in [7, 11) is 0. The number of nitrogens with zero attached hydrogens (tertiary/aromatic N) is 1. The minimum atomic E-state index is -0.0724. The smallest absolute Gasteiger partial charge is 0.196 e. The topological polar surface area (TPSA) is 56.0 Å². The Morgan fingerprint density at radius 3 is 2.42 bits per heavy atom. The van der Waals surface area contributed by atoms with Crippen LogP contribution in [0.15, 0.2) is 48.7 Å². The first-order chi connectivity index (χ1) is 12.3. The Morgan fingerprint density at radius 1 is 1.15 bits per heavy atom. The lowest BCUT2D eigenvalue weighted by Gasteiger charge is -2.19. The van der Waals surface area contributed by atoms with Crippen molar-refractivity contribution in [1.82, 2.24) is 4.98 Å². The number of carbonyl (C=O) groups is 1. The second kappa shape index (κ2) is 7.22. The maximum Gasteiger partial charge on any atom is 0.196 e. The number of carbonyl (C=O) groups excluding carboxylic acids is 1. The van der Waals surface area contributed by atoms with Crippen molar-refractivity contribution in [1.29, 1.82) is 0 Å². The first kappa shape index (κ1) is 18.6. The minimum absolute atomic E-state index is 0.00602. The van der Waals surface area contributed by atoms with Gasteiger partial charge in [-0.2, -0.15) is 0 Å². The number of hydrogen-bond acceptors (Lipinski definition) is 4. The molecule has 0 atom stereocenters. The number of pyridine rings is 1. The van der Waals surface area contributed by atoms with Crippen LogP contribution in [-0.4, -0.2) is 10.8 Å². The Hall–Kier alpha value is -2.17. The number of ketones is 1. The lowest BCUT2D eigenvalue weighted by molar-refractivity contribution is 0.103. The Morgan fingerprint density at radius 2 is 1.85 bits per heavy atom. The van der Waals surface area contributed by atoms with Crippen molar-refractivity contribution in [3.8, 4) is 10.6 Å². The van der Waals surface area contributed by atoms with Gasteiger partial charge in [0.2, 0.25) is 0 Å². The molecule has 0 aliphatic carbocycles. The lowest BCUT2D eigenvalue weighted by atomic mass is 9.85. The Labute approximate surface area is 162 Å². The Balaban J connectivity index is 2.16. The molecule has 0 amide bonds. The van der Waals surface area contributed by atoms with Crippen LogP contribution in [0.1, 0.15) is 42.3 Å². The molecule has 0 fully saturated rings. The van der Waals surface area contributed by atoms with E-state index < -0.39 is 0 Å². The van der Waals surface area contributed by atoms with Crippen LogP contribution >= 0.6 is 22.9 Å². The van der Waals surface area contributed by atoms with Crippen LogP contribution in [-0.2, 0) is 6.42 Å². The zero-order valence-electron chi connectivity index (χ0n) is 15.0. The number of nitrogen functional groups attached to an aromatic ring is 1. The molecule has 3 aromatic rings. The van der Waals surface area contributed by atoms with Crippen LogP contribution in [0, 0.1) is 5.41 Å². The van der Waals surface area contributed by atoms with Crippen molar-refractivity contribution in [2.75, 3.05) is 5.73 Å². The number of anilines is 1. The van der Waals surface area contributed by atoms with Gasteiger partial charge in [-0.25, -0.2) is 0 Å². The second-order valence-electron chi connectivity index (χ2n) is 7.44. The highest BCUT2D eigenvalue weighted by atomic mass is 35.5. The highest BCUT2D eigenvalue weighted by Gasteiger charge is 2.27. The average Bonchev–Trinajstić information content (AvgIpc) is 2.90. The molecule has 3 rings (SSSR count). The van der Waals surface area contributed by atoms with Gasteiger partial charge in [0.25, 0.3) is 0 Å². The van der Waals surface area contributed by atoms with E-state index in [1.54, 1.807) is 30.5 Å². The van der Waals surface area contributed by atoms with Gasteiger partial charge in [-0.1, -0.05) is 38.4 Å². The number of hydrogen-bond donors (Lipinski definition) is 1. The fraction of sp³-hybridized carbons (Fsp3) is 0.238. The molecule has 134 valence electrons. The maximum absolute atomic E-state index is 13.2. The van der Waals surface area contributed by atoms with Gasteiger partial charge in [-0.15, -0.1) is 11.3 Å². The SMILES string of the molecule is CC(C)(C)Cc1c(-c2ccccn2)sc(N)c1C(=O)c1ccc(Cl)cc1. The van der Waals surface area contributed by atoms with Crippen LogP contribution in [0.5, 0.6) is 0 Å². The van der Waals surface area contributed by atoms with Crippen LogP contribution in [0.3, 0.4) is 0 Å². The number of rotatable bonds is 4. The van der Waals surface area contributed by atoms with Gasteiger partial charge in [-0.05, 0) is 53.8 Å². The van der Waals surface area contributed by atoms with Crippen molar-refractivity contribution in [3.63, 3.8) is 0 Å². The highest BCUT2D eigenvalue weighted by molar-refractivity contribution is 7.19. The predicted octanol–water partition coefficient (Wildman–Crippen LogP) is 5.87. The largest absolute Gasteiger partial charge is 0.390 e. The van der Waals surface area contributed by atoms with E-state index in [0.29, 0.717) is 21.2 Å². The fourth-order valence-electron chi connectivity index (χ4n) is 2.88. The third kappa shape index (κ3) is 3.97. The van der Waals surface area contributed by atoms with E-state index in [9.17, 15) is 4.79 Å². The molecule has 5 heteroatoms. The van der Waals surface area contributed by atoms with Crippen LogP contribution in [0.25, 0.3) is 10.6 Å². The summed E-state index contributed by atoms with van der Waals surface area (Å²) in [6.07, 6.45) is 2.49. The summed E-state index contributed by atoms with van der Waals surface area (Å²) in [6, 6.07) is 12.7. The Kier molecular flexibility index (Phi) is 5.17. The monoisotopic (exact) mass is 384 g/mol. The molecule has 0 aliphatic heterocycles. The van der Waals surface area contributed by atoms with E-state index in [4.69, 9.17) is 17.3 Å². The molecule has 0 aliphatic rings. The molecule has 0 spiro atoms. The summed E-state index contributed by atoms with van der Waals surface area (Å²) in [5.41, 5.74) is 9.31. The number of aromatic nitrogens is 1. The van der Waals surface area contributed by atoms with E-state index >= 15 is 0 Å². The van der Waals surface area contributed by atoms with Gasteiger partial charge in [0.15, 0.2) is 5.78 Å². The molecule has 1 aromatic carbocycles. The van der Waals surface area contributed by atoms with E-state index in [1.165, 1.54) is 11.3 Å². The van der Waals surface area contributed by atoms with Crippen molar-refractivity contribution >= 4 is 33.7 Å². The first-order valence-corrected chi connectivity index (χ1v) is 9.58. The van der Waals surface area contributed by atoms with Gasteiger partial charge < -0.3 is 5.73 Å². The molecule has 3 nitrogen and oxygen atoms in total. The maximum atomic E-state index is 13.2. The zero-order chi connectivity index (χ0) is 18.9. The van der Waals surface area contributed by atoms with Crippen molar-refractivity contribution < 1.29 is 4.79 Å². The molecule has 0 saturated carbocycles. The molecule has 2 heterocycles. The summed E-state index contributed by atoms with van der Waals surface area (Å²) >= 11 is 7.38. The van der Waals surface area contributed by atoms with Gasteiger partial charge in [0.05, 0.1) is 21.1 Å². The van der Waals surface area contributed by atoms with Crippen molar-refractivity contribution in [2.24, 2.45) is 5.41 Å². The van der Waals surface area contributed by atoms with Crippen molar-refractivity contribution in [3.05, 3.63) is 70.4 Å². The lowest BCUT2D eigenvalue weighted by Crippen LogP contribution is -2.14. The van der Waals surface area contributed by atoms with Gasteiger partial charge >= 0.3 is 0 Å². The van der Waals surface area contributed by atoms with Gasteiger partial charge in [0, 0.05) is 16.8 Å². The summed E-state index contributed by atoms with van der Waals surface area (Å²) in [4.78, 5) is 18.6. The van der Waals surface area contributed by atoms with Gasteiger partial charge in [0.1, 0.15) is 0 Å². The normalized spacial score (nSPS) is 11.5. The molecular formula is C21H21ClN2OS. The third-order valence-electron chi connectivity index (χ3n) is 3.97. The van der Waals surface area contributed by atoms with E-state index in [0.717, 1.165) is 22.6 Å². The number of nitrogens with two attached hydrogens (primary N) is 1. The van der Waals surface area contributed by atoms with Crippen LogP contribution < -0.4 is 5.73 Å². The van der Waals surface area contributed by atoms with E-state index in [2.05, 4.69) is 25.8 Å². The van der Waals surface area contributed by atoms with Crippen LogP contribution in [0.2, 0.25) is 5.02 Å². The zero-order valence-corrected chi connectivity index (χ0v) is 16.6. The summed E-state index contributed by atoms with van der Waals surface area (Å²) in [5, 5.41) is 1.13. The fourth-order valence-corrected chi connectivity index (χ4v) is 4.07. The van der Waals surface area contributed by atoms with Gasteiger partial charge in [-0.3, -0.25) is 9.78 Å². The minimum Gasteiger partial charge on any atom is -0.390 e. The summed E-state index contributed by atoms with van der Waals surface area (Å²) in [6.45, 7) is 6.46. The quantitative estimate of drug-likeness (QED) is 0.572.